The van der Waals surface area contributed by atoms with Crippen molar-refractivity contribution < 1.29 is 19.2 Å². The van der Waals surface area contributed by atoms with Crippen LogP contribution < -0.4 is 10.6 Å². The van der Waals surface area contributed by atoms with Gasteiger partial charge in [-0.25, -0.2) is 4.79 Å². The molecule has 0 heterocycles. The van der Waals surface area contributed by atoms with Crippen LogP contribution in [0, 0.1) is 10.1 Å². The van der Waals surface area contributed by atoms with Crippen molar-refractivity contribution in [2.75, 3.05) is 11.9 Å². The Bertz CT molecular complexity index is 945. The lowest BCUT2D eigenvalue weighted by Crippen LogP contribution is -2.31. The van der Waals surface area contributed by atoms with E-state index in [0.29, 0.717) is 10.7 Å². The predicted octanol–water partition coefficient (Wildman–Crippen LogP) is 3.86. The first-order valence-electron chi connectivity index (χ1n) is 9.10. The minimum atomic E-state index is -0.809. The number of hydrogen-bond acceptors (Lipinski definition) is 6. The van der Waals surface area contributed by atoms with E-state index in [9.17, 15) is 19.7 Å². The molecule has 1 atom stereocenters. The van der Waals surface area contributed by atoms with E-state index in [2.05, 4.69) is 10.6 Å². The van der Waals surface area contributed by atoms with Gasteiger partial charge in [0.05, 0.1) is 16.5 Å². The third-order valence-corrected chi connectivity index (χ3v) is 4.66. The number of halogens is 1. The number of rotatable bonds is 8. The molecule has 0 unspecified atom stereocenters. The minimum absolute atomic E-state index is 0.00809. The highest BCUT2D eigenvalue weighted by Gasteiger charge is 2.26. The lowest BCUT2D eigenvalue weighted by Gasteiger charge is -2.14. The minimum Gasteiger partial charge on any atom is -0.452 e. The van der Waals surface area contributed by atoms with Crippen molar-refractivity contribution in [2.24, 2.45) is 0 Å². The average Bonchev–Trinajstić information content (AvgIpc) is 3.50. The Balaban J connectivity index is 1.57. The number of nitro benzene ring substituents is 1. The van der Waals surface area contributed by atoms with Crippen molar-refractivity contribution in [3.63, 3.8) is 0 Å². The molecule has 9 heteroatoms. The summed E-state index contributed by atoms with van der Waals surface area (Å²) in [6, 6.07) is 11.0. The van der Waals surface area contributed by atoms with Crippen LogP contribution in [0.15, 0.2) is 42.5 Å². The van der Waals surface area contributed by atoms with Gasteiger partial charge in [0, 0.05) is 17.1 Å². The molecule has 1 fully saturated rings. The number of hydrogen-bond donors (Lipinski definition) is 2. The van der Waals surface area contributed by atoms with Crippen LogP contribution in [-0.4, -0.2) is 29.4 Å². The molecule has 152 valence electrons. The molecule has 29 heavy (non-hydrogen) atoms. The van der Waals surface area contributed by atoms with Gasteiger partial charge in [-0.3, -0.25) is 14.9 Å². The van der Waals surface area contributed by atoms with E-state index in [4.69, 9.17) is 16.3 Å². The van der Waals surface area contributed by atoms with Crippen LogP contribution in [0.25, 0.3) is 0 Å². The second-order valence-corrected chi connectivity index (χ2v) is 7.26. The second-order valence-electron chi connectivity index (χ2n) is 6.83. The molecule has 0 aromatic heterocycles. The SMILES string of the molecule is C[C@@H](NC(=O)COC(=O)c1ccc(NC2CC2)c([N+](=O)[O-])c1)c1cccc(Cl)c1. The van der Waals surface area contributed by atoms with Gasteiger partial charge in [0.25, 0.3) is 11.6 Å². The van der Waals surface area contributed by atoms with Crippen molar-refractivity contribution in [2.45, 2.75) is 31.8 Å². The van der Waals surface area contributed by atoms with E-state index >= 15 is 0 Å². The quantitative estimate of drug-likeness (QED) is 0.383. The number of nitrogens with one attached hydrogen (secondary N) is 2. The second kappa shape index (κ2) is 8.91. The summed E-state index contributed by atoms with van der Waals surface area (Å²) in [5.74, 6) is -1.30. The summed E-state index contributed by atoms with van der Waals surface area (Å²) in [4.78, 5) is 35.0. The van der Waals surface area contributed by atoms with E-state index in [-0.39, 0.29) is 23.3 Å². The molecule has 0 saturated heterocycles. The Labute approximate surface area is 172 Å². The Morgan fingerprint density at radius 3 is 2.69 bits per heavy atom. The van der Waals surface area contributed by atoms with Gasteiger partial charge in [0.2, 0.25) is 0 Å². The van der Waals surface area contributed by atoms with E-state index < -0.39 is 23.4 Å². The number of carbonyl (C=O) groups excluding carboxylic acids is 2. The Hall–Kier alpha value is -3.13. The maximum atomic E-state index is 12.2. The molecule has 2 aromatic carbocycles. The summed E-state index contributed by atoms with van der Waals surface area (Å²) in [7, 11) is 0. The molecule has 1 aliphatic rings. The lowest BCUT2D eigenvalue weighted by molar-refractivity contribution is -0.384. The van der Waals surface area contributed by atoms with Gasteiger partial charge in [0.1, 0.15) is 5.69 Å². The van der Waals surface area contributed by atoms with Crippen LogP contribution in [0.1, 0.15) is 41.7 Å². The van der Waals surface area contributed by atoms with Gasteiger partial charge in [-0.2, -0.15) is 0 Å². The molecular formula is C20H20ClN3O5. The molecule has 8 nitrogen and oxygen atoms in total. The van der Waals surface area contributed by atoms with Crippen LogP contribution in [0.2, 0.25) is 5.02 Å². The number of esters is 1. The topological polar surface area (TPSA) is 111 Å². The van der Waals surface area contributed by atoms with Gasteiger partial charge >= 0.3 is 5.97 Å². The largest absolute Gasteiger partial charge is 0.452 e. The number of anilines is 1. The molecule has 1 amide bonds. The summed E-state index contributed by atoms with van der Waals surface area (Å²) in [6.07, 6.45) is 1.92. The van der Waals surface area contributed by atoms with Crippen LogP contribution >= 0.6 is 11.6 Å². The maximum absolute atomic E-state index is 12.2. The standard InChI is InChI=1S/C20H20ClN3O5/c1-12(13-3-2-4-15(21)9-13)22-19(25)11-29-20(26)14-5-8-17(23-16-6-7-16)18(10-14)24(27)28/h2-5,8-10,12,16,23H,6-7,11H2,1H3,(H,22,25)/t12-/m1/s1. The van der Waals surface area contributed by atoms with E-state index in [1.165, 1.54) is 12.1 Å². The number of nitrogens with zero attached hydrogens (tertiary/aromatic N) is 1. The number of amides is 1. The molecule has 0 spiro atoms. The molecule has 0 radical (unpaired) electrons. The first kappa shape index (κ1) is 20.6. The summed E-state index contributed by atoms with van der Waals surface area (Å²) in [5.41, 5.74) is 0.979. The molecule has 1 aliphatic carbocycles. The Morgan fingerprint density at radius 1 is 1.28 bits per heavy atom. The Morgan fingerprint density at radius 2 is 2.03 bits per heavy atom. The maximum Gasteiger partial charge on any atom is 0.338 e. The molecule has 1 saturated carbocycles. The van der Waals surface area contributed by atoms with Crippen molar-refractivity contribution >= 4 is 34.9 Å². The highest BCUT2D eigenvalue weighted by atomic mass is 35.5. The zero-order chi connectivity index (χ0) is 21.0. The fourth-order valence-corrected chi connectivity index (χ4v) is 2.93. The fourth-order valence-electron chi connectivity index (χ4n) is 2.74. The molecule has 0 bridgehead atoms. The summed E-state index contributed by atoms with van der Waals surface area (Å²) >= 11 is 5.94. The smallest absolute Gasteiger partial charge is 0.338 e. The summed E-state index contributed by atoms with van der Waals surface area (Å²) in [5, 5.41) is 17.6. The van der Waals surface area contributed by atoms with E-state index in [1.54, 1.807) is 25.1 Å². The third kappa shape index (κ3) is 5.68. The van der Waals surface area contributed by atoms with Crippen LogP contribution in [0.3, 0.4) is 0 Å². The highest BCUT2D eigenvalue weighted by molar-refractivity contribution is 6.30. The van der Waals surface area contributed by atoms with Crippen molar-refractivity contribution in [1.82, 2.24) is 5.32 Å². The normalized spacial score (nSPS) is 14.0. The molecule has 2 aromatic rings. The first-order valence-corrected chi connectivity index (χ1v) is 9.48. The first-order chi connectivity index (χ1) is 13.8. The Kier molecular flexibility index (Phi) is 6.33. The molecule has 0 aliphatic heterocycles. The van der Waals surface area contributed by atoms with E-state index in [1.807, 2.05) is 6.07 Å². The fraction of sp³-hybridized carbons (Fsp3) is 0.300. The number of benzene rings is 2. The summed E-state index contributed by atoms with van der Waals surface area (Å²) < 4.78 is 5.00. The van der Waals surface area contributed by atoms with Gasteiger partial charge in [-0.1, -0.05) is 23.7 Å². The zero-order valence-corrected chi connectivity index (χ0v) is 16.4. The molecule has 3 rings (SSSR count). The van der Waals surface area contributed by atoms with Crippen LogP contribution in [0.4, 0.5) is 11.4 Å². The van der Waals surface area contributed by atoms with Gasteiger partial charge < -0.3 is 15.4 Å². The monoisotopic (exact) mass is 417 g/mol. The van der Waals surface area contributed by atoms with Gasteiger partial charge in [-0.15, -0.1) is 0 Å². The van der Waals surface area contributed by atoms with Crippen LogP contribution in [0.5, 0.6) is 0 Å². The number of carbonyl (C=O) groups is 2. The molecular weight excluding hydrogens is 398 g/mol. The number of nitro groups is 1. The zero-order valence-electron chi connectivity index (χ0n) is 15.7. The van der Waals surface area contributed by atoms with Crippen LogP contribution in [-0.2, 0) is 9.53 Å². The van der Waals surface area contributed by atoms with E-state index in [0.717, 1.165) is 24.5 Å². The van der Waals surface area contributed by atoms with Crippen molar-refractivity contribution in [1.29, 1.82) is 0 Å². The van der Waals surface area contributed by atoms with Crippen molar-refractivity contribution in [3.05, 3.63) is 68.7 Å². The third-order valence-electron chi connectivity index (χ3n) is 4.43. The predicted molar refractivity (Wildman–Crippen MR) is 108 cm³/mol. The summed E-state index contributed by atoms with van der Waals surface area (Å²) in [6.45, 7) is 1.28. The van der Waals surface area contributed by atoms with Gasteiger partial charge in [0.15, 0.2) is 6.61 Å². The average molecular weight is 418 g/mol. The molecule has 2 N–H and O–H groups in total. The number of ether oxygens (including phenoxy) is 1. The highest BCUT2D eigenvalue weighted by Crippen LogP contribution is 2.31. The lowest BCUT2D eigenvalue weighted by atomic mass is 10.1. The van der Waals surface area contributed by atoms with Crippen molar-refractivity contribution in [3.8, 4) is 0 Å². The van der Waals surface area contributed by atoms with Gasteiger partial charge in [-0.05, 0) is 49.6 Å².